The van der Waals surface area contributed by atoms with Crippen LogP contribution in [0, 0.1) is 0 Å². The highest BCUT2D eigenvalue weighted by Crippen LogP contribution is 2.22. The monoisotopic (exact) mass is 386 g/mol. The molecule has 0 spiro atoms. The van der Waals surface area contributed by atoms with Crippen LogP contribution in [0.4, 0.5) is 0 Å². The van der Waals surface area contributed by atoms with Crippen molar-refractivity contribution in [1.29, 1.82) is 0 Å². The molecular weight excluding hydrogens is 364 g/mol. The molecule has 0 radical (unpaired) electrons. The van der Waals surface area contributed by atoms with Gasteiger partial charge in [0.1, 0.15) is 5.82 Å². The minimum absolute atomic E-state index is 0.0209. The summed E-state index contributed by atoms with van der Waals surface area (Å²) in [4.78, 5) is 21.2. The van der Waals surface area contributed by atoms with Crippen LogP contribution in [0.3, 0.4) is 0 Å². The van der Waals surface area contributed by atoms with Crippen LogP contribution in [0.15, 0.2) is 72.9 Å². The number of fused-ring (bicyclic) bond motifs is 1. The van der Waals surface area contributed by atoms with Crippen LogP contribution in [0.25, 0.3) is 16.7 Å². The normalized spacial score (nSPS) is 10.8. The van der Waals surface area contributed by atoms with Gasteiger partial charge in [-0.1, -0.05) is 30.3 Å². The number of aromatic nitrogens is 3. The van der Waals surface area contributed by atoms with E-state index < -0.39 is 0 Å². The zero-order valence-electron chi connectivity index (χ0n) is 16.2. The van der Waals surface area contributed by atoms with Gasteiger partial charge in [0.25, 0.3) is 0 Å². The number of methoxy groups -OCH3 is 1. The van der Waals surface area contributed by atoms with Crippen molar-refractivity contribution >= 4 is 16.9 Å². The number of carbonyl (C=O) groups is 1. The molecule has 0 fully saturated rings. The topological polar surface area (TPSA) is 69.0 Å². The predicted octanol–water partition coefficient (Wildman–Crippen LogP) is 3.68. The maximum atomic E-state index is 12.4. The first kappa shape index (κ1) is 18.7. The summed E-state index contributed by atoms with van der Waals surface area (Å²) in [5, 5.41) is 2.95. The first-order valence-electron chi connectivity index (χ1n) is 9.52. The van der Waals surface area contributed by atoms with Gasteiger partial charge in [0, 0.05) is 37.3 Å². The van der Waals surface area contributed by atoms with E-state index in [2.05, 4.69) is 33.1 Å². The average Bonchev–Trinajstić information content (AvgIpc) is 3.15. The zero-order valence-corrected chi connectivity index (χ0v) is 16.2. The average molecular weight is 386 g/mol. The second kappa shape index (κ2) is 8.56. The fraction of sp³-hybridized carbons (Fsp3) is 0.174. The van der Waals surface area contributed by atoms with Gasteiger partial charge in [0.2, 0.25) is 11.8 Å². The highest BCUT2D eigenvalue weighted by atomic mass is 16.5. The molecule has 1 N–H and O–H groups in total. The van der Waals surface area contributed by atoms with Crippen molar-refractivity contribution in [3.63, 3.8) is 0 Å². The molecule has 0 unspecified atom stereocenters. The van der Waals surface area contributed by atoms with Crippen LogP contribution in [0.2, 0.25) is 0 Å². The Labute approximate surface area is 169 Å². The van der Waals surface area contributed by atoms with Gasteiger partial charge < -0.3 is 10.1 Å². The standard InChI is InChI=1S/C23H22N4O2/c1-29-23-15-17(13-14-24-23)16-25-22(28)12-11-21-26-19-9-5-6-10-20(19)27(21)18-7-3-2-4-8-18/h2-10,13-15H,11-12,16H2,1H3,(H,25,28). The van der Waals surface area contributed by atoms with E-state index in [-0.39, 0.29) is 5.91 Å². The van der Waals surface area contributed by atoms with E-state index in [0.717, 1.165) is 28.1 Å². The lowest BCUT2D eigenvalue weighted by Gasteiger charge is -2.10. The Morgan fingerprint density at radius 2 is 1.86 bits per heavy atom. The third kappa shape index (κ3) is 4.27. The number of nitrogens with one attached hydrogen (secondary N) is 1. The van der Waals surface area contributed by atoms with Crippen LogP contribution in [0.5, 0.6) is 5.88 Å². The van der Waals surface area contributed by atoms with Crippen molar-refractivity contribution in [2.24, 2.45) is 0 Å². The van der Waals surface area contributed by atoms with Gasteiger partial charge in [0.05, 0.1) is 18.1 Å². The molecule has 0 atom stereocenters. The Morgan fingerprint density at radius 1 is 1.07 bits per heavy atom. The Morgan fingerprint density at radius 3 is 2.69 bits per heavy atom. The number of benzene rings is 2. The summed E-state index contributed by atoms with van der Waals surface area (Å²) in [5.74, 6) is 1.39. The van der Waals surface area contributed by atoms with Crippen LogP contribution < -0.4 is 10.1 Å². The highest BCUT2D eigenvalue weighted by Gasteiger charge is 2.13. The molecule has 6 nitrogen and oxygen atoms in total. The molecule has 0 aliphatic rings. The number of ether oxygens (including phenoxy) is 1. The summed E-state index contributed by atoms with van der Waals surface area (Å²) in [6, 6.07) is 21.8. The summed E-state index contributed by atoms with van der Waals surface area (Å²) in [6.07, 6.45) is 2.58. The van der Waals surface area contributed by atoms with E-state index in [1.807, 2.05) is 48.5 Å². The summed E-state index contributed by atoms with van der Waals surface area (Å²) < 4.78 is 7.24. The third-order valence-corrected chi connectivity index (χ3v) is 4.72. The second-order valence-electron chi connectivity index (χ2n) is 6.67. The lowest BCUT2D eigenvalue weighted by Crippen LogP contribution is -2.23. The molecule has 2 aromatic heterocycles. The fourth-order valence-electron chi connectivity index (χ4n) is 3.30. The molecule has 0 bridgehead atoms. The molecular formula is C23H22N4O2. The molecule has 4 aromatic rings. The van der Waals surface area contributed by atoms with Crippen molar-refractivity contribution < 1.29 is 9.53 Å². The van der Waals surface area contributed by atoms with Crippen molar-refractivity contribution in [3.05, 3.63) is 84.3 Å². The van der Waals surface area contributed by atoms with Gasteiger partial charge >= 0.3 is 0 Å². The molecule has 1 amide bonds. The quantitative estimate of drug-likeness (QED) is 0.526. The number of para-hydroxylation sites is 3. The van der Waals surface area contributed by atoms with Gasteiger partial charge in [0.15, 0.2) is 0 Å². The van der Waals surface area contributed by atoms with Crippen molar-refractivity contribution in [3.8, 4) is 11.6 Å². The summed E-state index contributed by atoms with van der Waals surface area (Å²) in [6.45, 7) is 0.437. The van der Waals surface area contributed by atoms with Crippen LogP contribution in [0.1, 0.15) is 17.8 Å². The molecule has 29 heavy (non-hydrogen) atoms. The van der Waals surface area contributed by atoms with E-state index in [9.17, 15) is 4.79 Å². The lowest BCUT2D eigenvalue weighted by molar-refractivity contribution is -0.121. The fourth-order valence-corrected chi connectivity index (χ4v) is 3.30. The largest absolute Gasteiger partial charge is 0.481 e. The lowest BCUT2D eigenvalue weighted by atomic mass is 10.2. The molecule has 2 heterocycles. The van der Waals surface area contributed by atoms with Gasteiger partial charge in [-0.2, -0.15) is 0 Å². The summed E-state index contributed by atoms with van der Waals surface area (Å²) in [7, 11) is 1.57. The van der Waals surface area contributed by atoms with Crippen LogP contribution in [-0.4, -0.2) is 27.6 Å². The van der Waals surface area contributed by atoms with Crippen LogP contribution >= 0.6 is 0 Å². The number of nitrogens with zero attached hydrogens (tertiary/aromatic N) is 3. The number of rotatable bonds is 7. The Hall–Kier alpha value is -3.67. The Bertz CT molecular complexity index is 1120. The van der Waals surface area contributed by atoms with E-state index in [4.69, 9.17) is 9.72 Å². The minimum Gasteiger partial charge on any atom is -0.481 e. The SMILES string of the molecule is COc1cc(CNC(=O)CCc2nc3ccccc3n2-c2ccccc2)ccn1. The number of carbonyl (C=O) groups excluding carboxylic acids is 1. The minimum atomic E-state index is -0.0209. The zero-order chi connectivity index (χ0) is 20.1. The Kier molecular flexibility index (Phi) is 5.52. The number of pyridine rings is 1. The predicted molar refractivity (Wildman–Crippen MR) is 112 cm³/mol. The van der Waals surface area contributed by atoms with Gasteiger partial charge in [-0.05, 0) is 35.9 Å². The Balaban J connectivity index is 1.47. The molecule has 4 rings (SSSR count). The second-order valence-corrected chi connectivity index (χ2v) is 6.67. The van der Waals surface area contributed by atoms with Crippen molar-refractivity contribution in [1.82, 2.24) is 19.9 Å². The van der Waals surface area contributed by atoms with Crippen molar-refractivity contribution in [2.75, 3.05) is 7.11 Å². The van der Waals surface area contributed by atoms with Gasteiger partial charge in [-0.3, -0.25) is 9.36 Å². The first-order valence-corrected chi connectivity index (χ1v) is 9.52. The van der Waals surface area contributed by atoms with Crippen LogP contribution in [-0.2, 0) is 17.8 Å². The molecule has 0 saturated heterocycles. The summed E-state index contributed by atoms with van der Waals surface area (Å²) >= 11 is 0. The smallest absolute Gasteiger partial charge is 0.220 e. The van der Waals surface area contributed by atoms with E-state index in [1.165, 1.54) is 0 Å². The van der Waals surface area contributed by atoms with E-state index in [1.54, 1.807) is 13.3 Å². The third-order valence-electron chi connectivity index (χ3n) is 4.72. The van der Waals surface area contributed by atoms with Gasteiger partial charge in [-0.25, -0.2) is 9.97 Å². The summed E-state index contributed by atoms with van der Waals surface area (Å²) in [5.41, 5.74) is 3.95. The molecule has 6 heteroatoms. The highest BCUT2D eigenvalue weighted by molar-refractivity contribution is 5.79. The molecule has 146 valence electrons. The maximum Gasteiger partial charge on any atom is 0.220 e. The molecule has 2 aromatic carbocycles. The molecule has 0 aliphatic heterocycles. The molecule has 0 saturated carbocycles. The number of amides is 1. The maximum absolute atomic E-state index is 12.4. The van der Waals surface area contributed by atoms with Crippen molar-refractivity contribution in [2.45, 2.75) is 19.4 Å². The number of imidazole rings is 1. The first-order chi connectivity index (χ1) is 14.2. The number of hydrogen-bond acceptors (Lipinski definition) is 4. The number of aryl methyl sites for hydroxylation is 1. The van der Waals surface area contributed by atoms with E-state index >= 15 is 0 Å². The van der Waals surface area contributed by atoms with Gasteiger partial charge in [-0.15, -0.1) is 0 Å². The number of hydrogen-bond donors (Lipinski definition) is 1. The van der Waals surface area contributed by atoms with E-state index in [0.29, 0.717) is 25.3 Å². The molecule has 0 aliphatic carbocycles.